The number of carbonyl (C=O) groups is 1. The molecule has 0 atom stereocenters. The molecule has 2 aromatic heterocycles. The van der Waals surface area contributed by atoms with Crippen LogP contribution in [0.3, 0.4) is 0 Å². The molecule has 0 saturated carbocycles. The van der Waals surface area contributed by atoms with Crippen LogP contribution in [0.5, 0.6) is 5.75 Å². The number of carbonyl (C=O) groups excluding carboxylic acids is 1. The Morgan fingerprint density at radius 1 is 1.33 bits per heavy atom. The van der Waals surface area contributed by atoms with Crippen LogP contribution in [0, 0.1) is 10.1 Å². The highest BCUT2D eigenvalue weighted by molar-refractivity contribution is 5.92. The van der Waals surface area contributed by atoms with Crippen molar-refractivity contribution >= 4 is 17.3 Å². The third-order valence-corrected chi connectivity index (χ3v) is 3.60. The van der Waals surface area contributed by atoms with Gasteiger partial charge in [0.2, 0.25) is 17.6 Å². The van der Waals surface area contributed by atoms with Gasteiger partial charge in [-0.25, -0.2) is 0 Å². The van der Waals surface area contributed by atoms with Crippen LogP contribution in [0.25, 0.3) is 11.5 Å². The zero-order chi connectivity index (χ0) is 19.2. The number of nitrogens with zero attached hydrogens (tertiary/aromatic N) is 4. The molecule has 0 saturated heterocycles. The zero-order valence-electron chi connectivity index (χ0n) is 14.3. The van der Waals surface area contributed by atoms with Gasteiger partial charge in [0.25, 0.3) is 5.69 Å². The van der Waals surface area contributed by atoms with Crippen LogP contribution in [-0.4, -0.2) is 33.1 Å². The quantitative estimate of drug-likeness (QED) is 0.496. The van der Waals surface area contributed by atoms with Gasteiger partial charge in [-0.3, -0.25) is 19.9 Å². The van der Waals surface area contributed by atoms with Gasteiger partial charge in [-0.05, 0) is 18.2 Å². The Hall–Kier alpha value is -3.82. The maximum atomic E-state index is 12.1. The van der Waals surface area contributed by atoms with Crippen LogP contribution < -0.4 is 10.1 Å². The van der Waals surface area contributed by atoms with Crippen molar-refractivity contribution in [2.75, 3.05) is 12.4 Å². The standard InChI is InChI=1S/C17H15N5O5/c1-26-14-10-11(22(24)25)5-6-12(14)19-15(23)7-8-16-20-17(21-27-16)13-4-2-3-9-18-13/h2-6,9-10H,7-8H2,1H3,(H,19,23). The van der Waals surface area contributed by atoms with Gasteiger partial charge in [-0.15, -0.1) is 0 Å². The topological polar surface area (TPSA) is 133 Å². The maximum absolute atomic E-state index is 12.1. The van der Waals surface area contributed by atoms with E-state index >= 15 is 0 Å². The van der Waals surface area contributed by atoms with E-state index in [4.69, 9.17) is 9.26 Å². The number of anilines is 1. The lowest BCUT2D eigenvalue weighted by molar-refractivity contribution is -0.384. The first-order valence-electron chi connectivity index (χ1n) is 7.93. The maximum Gasteiger partial charge on any atom is 0.273 e. The van der Waals surface area contributed by atoms with E-state index in [-0.39, 0.29) is 30.2 Å². The number of nitro groups is 1. The number of nitro benzene ring substituents is 1. The molecule has 0 spiro atoms. The smallest absolute Gasteiger partial charge is 0.273 e. The first-order chi connectivity index (χ1) is 13.1. The molecule has 10 heteroatoms. The Bertz CT molecular complexity index is 957. The summed E-state index contributed by atoms with van der Waals surface area (Å²) in [7, 11) is 1.37. The second kappa shape index (κ2) is 8.04. The highest BCUT2D eigenvalue weighted by Crippen LogP contribution is 2.29. The number of ether oxygens (including phenoxy) is 1. The Morgan fingerprint density at radius 2 is 2.19 bits per heavy atom. The van der Waals surface area contributed by atoms with Gasteiger partial charge in [0, 0.05) is 25.1 Å². The molecule has 0 aliphatic rings. The van der Waals surface area contributed by atoms with Gasteiger partial charge in [-0.1, -0.05) is 11.2 Å². The minimum Gasteiger partial charge on any atom is -0.494 e. The molecule has 0 bridgehead atoms. The molecule has 0 fully saturated rings. The van der Waals surface area contributed by atoms with Crippen LogP contribution >= 0.6 is 0 Å². The van der Waals surface area contributed by atoms with Crippen molar-refractivity contribution < 1.29 is 19.0 Å². The summed E-state index contributed by atoms with van der Waals surface area (Å²) in [6, 6.07) is 9.29. The minimum absolute atomic E-state index is 0.0873. The molecule has 0 unspecified atom stereocenters. The van der Waals surface area contributed by atoms with Crippen LogP contribution in [-0.2, 0) is 11.2 Å². The van der Waals surface area contributed by atoms with E-state index in [0.29, 0.717) is 23.1 Å². The number of hydrogen-bond acceptors (Lipinski definition) is 8. The molecule has 1 N–H and O–H groups in total. The SMILES string of the molecule is COc1cc([N+](=O)[O-])ccc1NC(=O)CCc1nc(-c2ccccn2)no1. The van der Waals surface area contributed by atoms with Gasteiger partial charge in [-0.2, -0.15) is 4.98 Å². The lowest BCUT2D eigenvalue weighted by Gasteiger charge is -2.09. The zero-order valence-corrected chi connectivity index (χ0v) is 14.3. The number of aromatic nitrogens is 3. The molecule has 1 amide bonds. The summed E-state index contributed by atoms with van der Waals surface area (Å²) in [5, 5.41) is 17.3. The van der Waals surface area contributed by atoms with Crippen LogP contribution in [0.2, 0.25) is 0 Å². The van der Waals surface area contributed by atoms with E-state index in [9.17, 15) is 14.9 Å². The van der Waals surface area contributed by atoms with E-state index in [1.54, 1.807) is 18.3 Å². The molecule has 27 heavy (non-hydrogen) atoms. The number of pyridine rings is 1. The number of hydrogen-bond donors (Lipinski definition) is 1. The Balaban J connectivity index is 1.60. The van der Waals surface area contributed by atoms with Crippen LogP contribution in [0.1, 0.15) is 12.3 Å². The van der Waals surface area contributed by atoms with Crippen molar-refractivity contribution in [3.63, 3.8) is 0 Å². The van der Waals surface area contributed by atoms with Gasteiger partial charge in [0.1, 0.15) is 11.4 Å². The van der Waals surface area contributed by atoms with Crippen molar-refractivity contribution in [2.45, 2.75) is 12.8 Å². The number of aryl methyl sites for hydroxylation is 1. The van der Waals surface area contributed by atoms with E-state index in [2.05, 4.69) is 20.4 Å². The number of rotatable bonds is 7. The molecule has 138 valence electrons. The monoisotopic (exact) mass is 369 g/mol. The van der Waals surface area contributed by atoms with E-state index < -0.39 is 4.92 Å². The predicted octanol–water partition coefficient (Wildman–Crippen LogP) is 2.62. The molecule has 3 aromatic rings. The number of methoxy groups -OCH3 is 1. The third kappa shape index (κ3) is 4.42. The number of benzene rings is 1. The molecular formula is C17H15N5O5. The van der Waals surface area contributed by atoms with Gasteiger partial charge in [0.15, 0.2) is 0 Å². The molecule has 0 aliphatic heterocycles. The summed E-state index contributed by atoms with van der Waals surface area (Å²) >= 11 is 0. The summed E-state index contributed by atoms with van der Waals surface area (Å²) in [6.07, 6.45) is 1.95. The third-order valence-electron chi connectivity index (χ3n) is 3.60. The average molecular weight is 369 g/mol. The minimum atomic E-state index is -0.539. The Morgan fingerprint density at radius 3 is 2.89 bits per heavy atom. The fourth-order valence-electron chi connectivity index (χ4n) is 2.29. The second-order valence-corrected chi connectivity index (χ2v) is 5.42. The molecule has 2 heterocycles. The highest BCUT2D eigenvalue weighted by atomic mass is 16.6. The fourth-order valence-corrected chi connectivity index (χ4v) is 2.29. The lowest BCUT2D eigenvalue weighted by atomic mass is 10.2. The Labute approximate surface area is 153 Å². The summed E-state index contributed by atoms with van der Waals surface area (Å²) in [6.45, 7) is 0. The Kier molecular flexibility index (Phi) is 5.36. The van der Waals surface area contributed by atoms with Crippen molar-refractivity contribution in [1.29, 1.82) is 0 Å². The molecule has 0 radical (unpaired) electrons. The van der Waals surface area contributed by atoms with Gasteiger partial charge in [0.05, 0.1) is 23.8 Å². The summed E-state index contributed by atoms with van der Waals surface area (Å²) in [5.74, 6) is 0.539. The van der Waals surface area contributed by atoms with Gasteiger partial charge >= 0.3 is 0 Å². The number of amides is 1. The summed E-state index contributed by atoms with van der Waals surface area (Å²) < 4.78 is 10.2. The van der Waals surface area contributed by atoms with E-state index in [0.717, 1.165) is 0 Å². The first-order valence-corrected chi connectivity index (χ1v) is 7.93. The van der Waals surface area contributed by atoms with Crippen LogP contribution in [0.15, 0.2) is 47.1 Å². The largest absolute Gasteiger partial charge is 0.494 e. The number of non-ortho nitro benzene ring substituents is 1. The van der Waals surface area contributed by atoms with Crippen molar-refractivity contribution in [2.24, 2.45) is 0 Å². The predicted molar refractivity (Wildman–Crippen MR) is 94.1 cm³/mol. The second-order valence-electron chi connectivity index (χ2n) is 5.42. The van der Waals surface area contributed by atoms with Crippen molar-refractivity contribution in [1.82, 2.24) is 15.1 Å². The van der Waals surface area contributed by atoms with E-state index in [1.165, 1.54) is 25.3 Å². The first kappa shape index (κ1) is 18.0. The van der Waals surface area contributed by atoms with Crippen molar-refractivity contribution in [3.8, 4) is 17.3 Å². The molecule has 10 nitrogen and oxygen atoms in total. The van der Waals surface area contributed by atoms with E-state index in [1.807, 2.05) is 6.07 Å². The highest BCUT2D eigenvalue weighted by Gasteiger charge is 2.15. The molecular weight excluding hydrogens is 354 g/mol. The number of nitrogens with one attached hydrogen (secondary N) is 1. The summed E-state index contributed by atoms with van der Waals surface area (Å²) in [5.41, 5.74) is 0.790. The normalized spacial score (nSPS) is 10.4. The summed E-state index contributed by atoms with van der Waals surface area (Å²) in [4.78, 5) is 30.7. The average Bonchev–Trinajstić information content (AvgIpc) is 3.16. The lowest BCUT2D eigenvalue weighted by Crippen LogP contribution is -2.13. The van der Waals surface area contributed by atoms with Gasteiger partial charge < -0.3 is 14.6 Å². The van der Waals surface area contributed by atoms with Crippen molar-refractivity contribution in [3.05, 3.63) is 58.6 Å². The fraction of sp³-hybridized carbons (Fsp3) is 0.176. The molecule has 1 aromatic carbocycles. The van der Waals surface area contributed by atoms with Crippen LogP contribution in [0.4, 0.5) is 11.4 Å². The molecule has 3 rings (SSSR count). The molecule has 0 aliphatic carbocycles.